The lowest BCUT2D eigenvalue weighted by atomic mass is 10.1. The maximum absolute atomic E-state index is 12.4. The Bertz CT molecular complexity index is 1680. The smallest absolute Gasteiger partial charge is 0.406 e. The third-order valence-electron chi connectivity index (χ3n) is 5.80. The highest BCUT2D eigenvalue weighted by molar-refractivity contribution is 7.80. The molecule has 38 heavy (non-hydrogen) atoms. The van der Waals surface area contributed by atoms with Gasteiger partial charge in [-0.25, -0.2) is 4.98 Å². The Morgan fingerprint density at radius 2 is 1.87 bits per heavy atom. The van der Waals surface area contributed by atoms with Crippen LogP contribution in [0.15, 0.2) is 84.2 Å². The molecule has 2 N–H and O–H groups in total. The molecule has 0 bridgehead atoms. The molecule has 5 rings (SSSR count). The second-order valence-corrected chi connectivity index (χ2v) is 9.12. The Morgan fingerprint density at radius 3 is 2.63 bits per heavy atom. The summed E-state index contributed by atoms with van der Waals surface area (Å²) in [5.74, 6) is -0.282. The van der Waals surface area contributed by atoms with Gasteiger partial charge in [0.25, 0.3) is 0 Å². The molecule has 11 heteroatoms. The van der Waals surface area contributed by atoms with Gasteiger partial charge < -0.3 is 10.1 Å². The minimum absolute atomic E-state index is 0.282. The number of hydrogen-bond donors (Lipinski definition) is 2. The van der Waals surface area contributed by atoms with E-state index in [4.69, 9.17) is 23.8 Å². The summed E-state index contributed by atoms with van der Waals surface area (Å²) in [6.07, 6.45) is -1.44. The van der Waals surface area contributed by atoms with E-state index in [0.29, 0.717) is 15.8 Å². The highest BCUT2D eigenvalue weighted by Crippen LogP contribution is 2.29. The van der Waals surface area contributed by atoms with E-state index in [9.17, 15) is 13.2 Å². The Labute approximate surface area is 225 Å². The van der Waals surface area contributed by atoms with Gasteiger partial charge in [0.15, 0.2) is 5.11 Å². The van der Waals surface area contributed by atoms with Gasteiger partial charge in [-0.1, -0.05) is 35.9 Å². The van der Waals surface area contributed by atoms with Crippen molar-refractivity contribution in [2.45, 2.75) is 13.3 Å². The number of halogens is 4. The van der Waals surface area contributed by atoms with Crippen molar-refractivity contribution in [2.75, 3.05) is 5.32 Å². The minimum Gasteiger partial charge on any atom is -0.406 e. The van der Waals surface area contributed by atoms with E-state index < -0.39 is 6.36 Å². The lowest BCUT2D eigenvalue weighted by Crippen LogP contribution is -2.24. The van der Waals surface area contributed by atoms with E-state index in [-0.39, 0.29) is 5.75 Å². The van der Waals surface area contributed by atoms with Crippen LogP contribution in [0.3, 0.4) is 0 Å². The zero-order valence-electron chi connectivity index (χ0n) is 19.8. The molecule has 0 amide bonds. The summed E-state index contributed by atoms with van der Waals surface area (Å²) < 4.78 is 43.1. The van der Waals surface area contributed by atoms with Crippen molar-refractivity contribution in [3.05, 3.63) is 95.3 Å². The zero-order valence-corrected chi connectivity index (χ0v) is 21.3. The number of fused-ring (bicyclic) bond motifs is 3. The maximum Gasteiger partial charge on any atom is 0.573 e. The molecule has 0 aliphatic carbocycles. The average molecular weight is 554 g/mol. The molecule has 5 aromatic rings. The van der Waals surface area contributed by atoms with E-state index in [1.807, 2.05) is 55.5 Å². The fourth-order valence-corrected chi connectivity index (χ4v) is 4.32. The molecule has 1 heterocycles. The standard InChI is InChI=1S/C27H19ClF3N5OS/c1-16-22(28)3-2-4-23(16)34-26(38)35-33-14-17-5-11-21-18(13-17)6-12-24-25(21)32-15-36(24)19-7-9-20(10-8-19)37-27(29,30)31/h2-15H,1H3,(H2,34,35,38)/b33-14+. The molecule has 0 radical (unpaired) electrons. The molecule has 0 aliphatic rings. The van der Waals surface area contributed by atoms with Gasteiger partial charge in [0.2, 0.25) is 0 Å². The molecule has 0 atom stereocenters. The van der Waals surface area contributed by atoms with Crippen molar-refractivity contribution < 1.29 is 17.9 Å². The number of benzene rings is 4. The Hall–Kier alpha value is -4.15. The fraction of sp³-hybridized carbons (Fsp3) is 0.0741. The first-order valence-electron chi connectivity index (χ1n) is 11.3. The van der Waals surface area contributed by atoms with Gasteiger partial charge in [-0.3, -0.25) is 9.99 Å². The number of hydrogen-bond acceptors (Lipinski definition) is 4. The first-order valence-corrected chi connectivity index (χ1v) is 12.1. The number of alkyl halides is 3. The van der Waals surface area contributed by atoms with Crippen LogP contribution in [-0.2, 0) is 0 Å². The maximum atomic E-state index is 12.4. The fourth-order valence-electron chi connectivity index (χ4n) is 3.98. The topological polar surface area (TPSA) is 63.5 Å². The number of thiocarbonyl (C=S) groups is 1. The van der Waals surface area contributed by atoms with Gasteiger partial charge in [-0.15, -0.1) is 13.2 Å². The van der Waals surface area contributed by atoms with E-state index in [1.165, 1.54) is 12.1 Å². The van der Waals surface area contributed by atoms with Crippen molar-refractivity contribution >= 4 is 62.6 Å². The van der Waals surface area contributed by atoms with Crippen LogP contribution in [-0.4, -0.2) is 27.2 Å². The van der Waals surface area contributed by atoms with E-state index in [2.05, 4.69) is 25.6 Å². The third kappa shape index (κ3) is 5.56. The van der Waals surface area contributed by atoms with Crippen LogP contribution in [0.25, 0.3) is 27.5 Å². The van der Waals surface area contributed by atoms with Gasteiger partial charge in [-0.2, -0.15) is 5.10 Å². The minimum atomic E-state index is -4.74. The predicted molar refractivity (Wildman–Crippen MR) is 148 cm³/mol. The molecular formula is C27H19ClF3N5OS. The molecule has 0 unspecified atom stereocenters. The van der Waals surface area contributed by atoms with Crippen molar-refractivity contribution in [3.63, 3.8) is 0 Å². The van der Waals surface area contributed by atoms with Crippen molar-refractivity contribution in [2.24, 2.45) is 5.10 Å². The average Bonchev–Trinajstić information content (AvgIpc) is 3.31. The summed E-state index contributed by atoms with van der Waals surface area (Å²) in [7, 11) is 0. The first kappa shape index (κ1) is 25.5. The highest BCUT2D eigenvalue weighted by atomic mass is 35.5. The summed E-state index contributed by atoms with van der Waals surface area (Å²) in [6.45, 7) is 1.90. The summed E-state index contributed by atoms with van der Waals surface area (Å²) in [4.78, 5) is 4.54. The molecule has 6 nitrogen and oxygen atoms in total. The number of ether oxygens (including phenoxy) is 1. The monoisotopic (exact) mass is 553 g/mol. The molecule has 0 saturated carbocycles. The lowest BCUT2D eigenvalue weighted by Gasteiger charge is -2.10. The summed E-state index contributed by atoms with van der Waals surface area (Å²) in [6, 6.07) is 20.9. The zero-order chi connectivity index (χ0) is 26.9. The molecule has 0 spiro atoms. The number of imidazole rings is 1. The SMILES string of the molecule is Cc1c(Cl)cccc1NC(=S)N/N=C/c1ccc2c(ccc3c2ncn3-c2ccc(OC(F)(F)F)cc2)c1. The summed E-state index contributed by atoms with van der Waals surface area (Å²) in [5.41, 5.74) is 7.58. The molecule has 0 fully saturated rings. The van der Waals surface area contributed by atoms with Gasteiger partial charge in [0.05, 0.1) is 17.2 Å². The van der Waals surface area contributed by atoms with Crippen LogP contribution >= 0.6 is 23.8 Å². The molecule has 192 valence electrons. The Morgan fingerprint density at radius 1 is 1.08 bits per heavy atom. The molecule has 4 aromatic carbocycles. The number of anilines is 1. The summed E-state index contributed by atoms with van der Waals surface area (Å²) in [5, 5.41) is 10.1. The molecular weight excluding hydrogens is 535 g/mol. The van der Waals surface area contributed by atoms with Crippen LogP contribution in [0.4, 0.5) is 18.9 Å². The molecule has 1 aromatic heterocycles. The van der Waals surface area contributed by atoms with E-state index in [0.717, 1.165) is 38.6 Å². The van der Waals surface area contributed by atoms with Crippen molar-refractivity contribution in [3.8, 4) is 11.4 Å². The van der Waals surface area contributed by atoms with Crippen molar-refractivity contribution in [1.82, 2.24) is 15.0 Å². The van der Waals surface area contributed by atoms with Crippen LogP contribution in [0.5, 0.6) is 5.75 Å². The third-order valence-corrected chi connectivity index (χ3v) is 6.40. The highest BCUT2D eigenvalue weighted by Gasteiger charge is 2.31. The number of nitrogens with zero attached hydrogens (tertiary/aromatic N) is 3. The van der Waals surface area contributed by atoms with Crippen molar-refractivity contribution in [1.29, 1.82) is 0 Å². The van der Waals surface area contributed by atoms with E-state index >= 15 is 0 Å². The van der Waals surface area contributed by atoms with Crippen LogP contribution in [0.1, 0.15) is 11.1 Å². The van der Waals surface area contributed by atoms with Gasteiger partial charge in [0.1, 0.15) is 12.1 Å². The van der Waals surface area contributed by atoms with Gasteiger partial charge in [-0.05, 0) is 84.2 Å². The van der Waals surface area contributed by atoms with Crippen LogP contribution in [0.2, 0.25) is 5.02 Å². The normalized spacial score (nSPS) is 11.8. The second-order valence-electron chi connectivity index (χ2n) is 8.31. The van der Waals surface area contributed by atoms with E-state index in [1.54, 1.807) is 29.2 Å². The number of nitrogens with one attached hydrogen (secondary N) is 2. The van der Waals surface area contributed by atoms with Crippen LogP contribution in [0, 0.1) is 6.92 Å². The number of rotatable bonds is 5. The Balaban J connectivity index is 1.32. The number of aromatic nitrogens is 2. The molecule has 0 aliphatic heterocycles. The summed E-state index contributed by atoms with van der Waals surface area (Å²) >= 11 is 11.5. The lowest BCUT2D eigenvalue weighted by molar-refractivity contribution is -0.274. The Kier molecular flexibility index (Phi) is 6.92. The second kappa shape index (κ2) is 10.3. The van der Waals surface area contributed by atoms with Gasteiger partial charge in [0, 0.05) is 21.8 Å². The largest absolute Gasteiger partial charge is 0.573 e. The van der Waals surface area contributed by atoms with Gasteiger partial charge >= 0.3 is 6.36 Å². The van der Waals surface area contributed by atoms with Crippen LogP contribution < -0.4 is 15.5 Å². The number of hydrazone groups is 1. The first-order chi connectivity index (χ1) is 18.2. The predicted octanol–water partition coefficient (Wildman–Crippen LogP) is 7.36. The molecule has 0 saturated heterocycles. The quantitative estimate of drug-likeness (QED) is 0.135.